The predicted molar refractivity (Wildman–Crippen MR) is 111 cm³/mol. The van der Waals surface area contributed by atoms with E-state index in [2.05, 4.69) is 5.32 Å². The number of anilines is 1. The van der Waals surface area contributed by atoms with Gasteiger partial charge in [0.15, 0.2) is 0 Å². The fourth-order valence-corrected chi connectivity index (χ4v) is 2.59. The Balaban J connectivity index is 1.40. The number of hydrogen-bond acceptors (Lipinski definition) is 5. The zero-order chi connectivity index (χ0) is 19.4. The summed E-state index contributed by atoms with van der Waals surface area (Å²) >= 11 is 0. The van der Waals surface area contributed by atoms with Gasteiger partial charge in [-0.3, -0.25) is 0 Å². The van der Waals surface area contributed by atoms with Crippen LogP contribution >= 0.6 is 0 Å². The molecule has 0 aliphatic rings. The number of ether oxygens (including phenoxy) is 4. The van der Waals surface area contributed by atoms with Crippen LogP contribution in [0.15, 0.2) is 78.9 Å². The van der Waals surface area contributed by atoms with E-state index >= 15 is 0 Å². The highest BCUT2D eigenvalue weighted by Crippen LogP contribution is 2.23. The van der Waals surface area contributed by atoms with Gasteiger partial charge in [-0.05, 0) is 48.5 Å². The molecular weight excluding hydrogens is 354 g/mol. The van der Waals surface area contributed by atoms with Crippen molar-refractivity contribution in [3.05, 3.63) is 78.9 Å². The molecule has 0 aromatic heterocycles. The molecule has 0 radical (unpaired) electrons. The molecule has 0 atom stereocenters. The van der Waals surface area contributed by atoms with E-state index in [4.69, 9.17) is 18.9 Å². The van der Waals surface area contributed by atoms with Crippen molar-refractivity contribution < 1.29 is 18.9 Å². The molecule has 0 bridgehead atoms. The van der Waals surface area contributed by atoms with Crippen LogP contribution in [0.3, 0.4) is 0 Å². The third-order valence-electron chi connectivity index (χ3n) is 3.99. The molecule has 3 aromatic carbocycles. The summed E-state index contributed by atoms with van der Waals surface area (Å²) < 4.78 is 22.4. The van der Waals surface area contributed by atoms with Gasteiger partial charge in [0.2, 0.25) is 0 Å². The molecule has 5 heteroatoms. The Kier molecular flexibility index (Phi) is 7.44. The Bertz CT molecular complexity index is 822. The van der Waals surface area contributed by atoms with E-state index in [1.54, 1.807) is 7.11 Å². The van der Waals surface area contributed by atoms with E-state index in [0.717, 1.165) is 28.7 Å². The van der Waals surface area contributed by atoms with Crippen LogP contribution in [-0.4, -0.2) is 33.5 Å². The van der Waals surface area contributed by atoms with Gasteiger partial charge in [-0.2, -0.15) is 0 Å². The highest BCUT2D eigenvalue weighted by atomic mass is 16.5. The lowest BCUT2D eigenvalue weighted by atomic mass is 10.3. The van der Waals surface area contributed by atoms with E-state index in [-0.39, 0.29) is 0 Å². The maximum absolute atomic E-state index is 5.86. The minimum atomic E-state index is 0.468. The Morgan fingerprint density at radius 1 is 0.607 bits per heavy atom. The van der Waals surface area contributed by atoms with E-state index in [9.17, 15) is 0 Å². The molecule has 3 rings (SSSR count). The minimum Gasteiger partial charge on any atom is -0.497 e. The molecule has 5 nitrogen and oxygen atoms in total. The fourth-order valence-electron chi connectivity index (χ4n) is 2.59. The number of para-hydroxylation sites is 3. The summed E-state index contributed by atoms with van der Waals surface area (Å²) in [7, 11) is 1.65. The molecule has 0 heterocycles. The van der Waals surface area contributed by atoms with Gasteiger partial charge in [-0.1, -0.05) is 30.3 Å². The molecule has 0 aliphatic carbocycles. The summed E-state index contributed by atoms with van der Waals surface area (Å²) in [5.41, 5.74) is 0.931. The van der Waals surface area contributed by atoms with Crippen molar-refractivity contribution in [2.45, 2.75) is 0 Å². The molecule has 0 saturated heterocycles. The fraction of sp³-hybridized carbons (Fsp3) is 0.217. The molecule has 3 aromatic rings. The first kappa shape index (κ1) is 19.4. The van der Waals surface area contributed by atoms with Crippen LogP contribution < -0.4 is 24.3 Å². The number of rotatable bonds is 11. The standard InChI is InChI=1S/C23H25NO4/c1-25-19-11-13-21(14-12-19)26-16-15-24-22-9-5-6-10-23(22)28-18-17-27-20-7-3-2-4-8-20/h2-14,24H,15-18H2,1H3. The largest absolute Gasteiger partial charge is 0.497 e. The summed E-state index contributed by atoms with van der Waals surface area (Å²) in [6, 6.07) is 25.1. The average molecular weight is 379 g/mol. The Morgan fingerprint density at radius 2 is 1.21 bits per heavy atom. The van der Waals surface area contributed by atoms with Gasteiger partial charge < -0.3 is 24.3 Å². The third kappa shape index (κ3) is 6.13. The van der Waals surface area contributed by atoms with E-state index in [1.165, 1.54) is 0 Å². The van der Waals surface area contributed by atoms with Gasteiger partial charge in [0.25, 0.3) is 0 Å². The molecule has 1 N–H and O–H groups in total. The van der Waals surface area contributed by atoms with Crippen molar-refractivity contribution in [2.75, 3.05) is 38.8 Å². The average Bonchev–Trinajstić information content (AvgIpc) is 2.76. The van der Waals surface area contributed by atoms with E-state index in [1.807, 2.05) is 78.9 Å². The third-order valence-corrected chi connectivity index (χ3v) is 3.99. The van der Waals surface area contributed by atoms with Crippen molar-refractivity contribution in [3.8, 4) is 23.0 Å². The lowest BCUT2D eigenvalue weighted by molar-refractivity contribution is 0.217. The van der Waals surface area contributed by atoms with Crippen LogP contribution in [0.5, 0.6) is 23.0 Å². The first-order valence-corrected chi connectivity index (χ1v) is 9.25. The molecule has 0 unspecified atom stereocenters. The SMILES string of the molecule is COc1ccc(OCCNc2ccccc2OCCOc2ccccc2)cc1. The van der Waals surface area contributed by atoms with Gasteiger partial charge in [0.05, 0.1) is 12.8 Å². The number of benzene rings is 3. The van der Waals surface area contributed by atoms with Crippen molar-refractivity contribution in [3.63, 3.8) is 0 Å². The van der Waals surface area contributed by atoms with E-state index < -0.39 is 0 Å². The first-order valence-electron chi connectivity index (χ1n) is 9.25. The topological polar surface area (TPSA) is 49.0 Å². The normalized spacial score (nSPS) is 10.2. The Labute approximate surface area is 165 Å². The van der Waals surface area contributed by atoms with Gasteiger partial charge >= 0.3 is 0 Å². The maximum atomic E-state index is 5.86. The molecule has 146 valence electrons. The van der Waals surface area contributed by atoms with Gasteiger partial charge in [0.1, 0.15) is 42.8 Å². The monoisotopic (exact) mass is 379 g/mol. The second kappa shape index (κ2) is 10.7. The zero-order valence-electron chi connectivity index (χ0n) is 16.0. The lowest BCUT2D eigenvalue weighted by Gasteiger charge is -2.14. The van der Waals surface area contributed by atoms with Gasteiger partial charge in [0, 0.05) is 6.54 Å². The van der Waals surface area contributed by atoms with Gasteiger partial charge in [-0.25, -0.2) is 0 Å². The Hall–Kier alpha value is -3.34. The Morgan fingerprint density at radius 3 is 2.00 bits per heavy atom. The summed E-state index contributed by atoms with van der Waals surface area (Å²) in [6.45, 7) is 2.15. The van der Waals surface area contributed by atoms with Gasteiger partial charge in [-0.15, -0.1) is 0 Å². The number of hydrogen-bond donors (Lipinski definition) is 1. The predicted octanol–water partition coefficient (Wildman–Crippen LogP) is 4.64. The van der Waals surface area contributed by atoms with Crippen molar-refractivity contribution in [2.24, 2.45) is 0 Å². The molecular formula is C23H25NO4. The van der Waals surface area contributed by atoms with Crippen molar-refractivity contribution in [1.82, 2.24) is 0 Å². The number of nitrogens with one attached hydrogen (secondary N) is 1. The highest BCUT2D eigenvalue weighted by molar-refractivity contribution is 5.56. The quantitative estimate of drug-likeness (QED) is 0.492. The van der Waals surface area contributed by atoms with Crippen LogP contribution in [0, 0.1) is 0 Å². The first-order chi connectivity index (χ1) is 13.8. The summed E-state index contributed by atoms with van der Waals surface area (Å²) in [5, 5.41) is 3.35. The van der Waals surface area contributed by atoms with Crippen LogP contribution in [0.1, 0.15) is 0 Å². The molecule has 0 amide bonds. The van der Waals surface area contributed by atoms with Crippen molar-refractivity contribution in [1.29, 1.82) is 0 Å². The highest BCUT2D eigenvalue weighted by Gasteiger charge is 2.03. The van der Waals surface area contributed by atoms with Crippen molar-refractivity contribution >= 4 is 5.69 Å². The molecule has 0 fully saturated rings. The zero-order valence-corrected chi connectivity index (χ0v) is 16.0. The molecule has 28 heavy (non-hydrogen) atoms. The molecule has 0 aliphatic heterocycles. The number of methoxy groups -OCH3 is 1. The second-order valence-corrected chi connectivity index (χ2v) is 5.96. The van der Waals surface area contributed by atoms with Crippen LogP contribution in [0.4, 0.5) is 5.69 Å². The molecule has 0 saturated carbocycles. The lowest BCUT2D eigenvalue weighted by Crippen LogP contribution is -2.13. The summed E-state index contributed by atoms with van der Waals surface area (Å²) in [5.74, 6) is 3.26. The van der Waals surface area contributed by atoms with Crippen LogP contribution in [0.25, 0.3) is 0 Å². The second-order valence-electron chi connectivity index (χ2n) is 5.96. The minimum absolute atomic E-state index is 0.468. The van der Waals surface area contributed by atoms with E-state index in [0.29, 0.717) is 26.4 Å². The molecule has 0 spiro atoms. The maximum Gasteiger partial charge on any atom is 0.142 e. The van der Waals surface area contributed by atoms with Crippen LogP contribution in [0.2, 0.25) is 0 Å². The smallest absolute Gasteiger partial charge is 0.142 e. The summed E-state index contributed by atoms with van der Waals surface area (Å²) in [6.07, 6.45) is 0. The summed E-state index contributed by atoms with van der Waals surface area (Å²) in [4.78, 5) is 0. The van der Waals surface area contributed by atoms with Crippen LogP contribution in [-0.2, 0) is 0 Å².